The highest BCUT2D eigenvalue weighted by Crippen LogP contribution is 2.44. The second kappa shape index (κ2) is 7.49. The summed E-state index contributed by atoms with van der Waals surface area (Å²) in [5.41, 5.74) is 5.72. The van der Waals surface area contributed by atoms with Gasteiger partial charge in [-0.2, -0.15) is 0 Å². The van der Waals surface area contributed by atoms with Crippen LogP contribution in [0, 0.1) is 0 Å². The van der Waals surface area contributed by atoms with E-state index in [2.05, 4.69) is 24.3 Å². The Balaban J connectivity index is 1.50. The van der Waals surface area contributed by atoms with E-state index in [9.17, 15) is 9.59 Å². The van der Waals surface area contributed by atoms with Crippen LogP contribution < -0.4 is 4.90 Å². The number of carbonyl (C=O) groups excluding carboxylic acids is 2. The molecule has 0 aromatic heterocycles. The second-order valence-corrected chi connectivity index (χ2v) is 7.03. The summed E-state index contributed by atoms with van der Waals surface area (Å²) in [6, 6.07) is 22.9. The van der Waals surface area contributed by atoms with Crippen molar-refractivity contribution in [3.8, 4) is 11.1 Å². The fourth-order valence-corrected chi connectivity index (χ4v) is 3.74. The molecule has 3 aromatic rings. The predicted octanol–water partition coefficient (Wildman–Crippen LogP) is 5.45. The van der Waals surface area contributed by atoms with Gasteiger partial charge in [0.2, 0.25) is 0 Å². The first-order chi connectivity index (χ1) is 13.6. The maximum atomic E-state index is 12.6. The van der Waals surface area contributed by atoms with E-state index in [-0.39, 0.29) is 12.5 Å². The quantitative estimate of drug-likeness (QED) is 0.555. The Morgan fingerprint density at radius 1 is 0.893 bits per heavy atom. The van der Waals surface area contributed by atoms with E-state index < -0.39 is 11.3 Å². The molecule has 28 heavy (non-hydrogen) atoms. The van der Waals surface area contributed by atoms with Gasteiger partial charge < -0.3 is 4.74 Å². The standard InChI is InChI=1S/C23H18ClNO3/c1-25(16-12-10-15(11-13-16)22(24)26)23(27)28-14-21-19-8-4-2-6-17(19)18-7-3-5-9-20(18)21/h2-13,21H,14H2,1H3. The van der Waals surface area contributed by atoms with Crippen molar-refractivity contribution in [3.05, 3.63) is 89.5 Å². The van der Waals surface area contributed by atoms with Crippen molar-refractivity contribution in [2.75, 3.05) is 18.6 Å². The van der Waals surface area contributed by atoms with E-state index in [0.29, 0.717) is 11.3 Å². The molecule has 0 unspecified atom stereocenters. The zero-order valence-electron chi connectivity index (χ0n) is 15.3. The van der Waals surface area contributed by atoms with Gasteiger partial charge in [0.1, 0.15) is 6.61 Å². The maximum absolute atomic E-state index is 12.6. The minimum atomic E-state index is -0.532. The normalized spacial score (nSPS) is 12.2. The van der Waals surface area contributed by atoms with Crippen molar-refractivity contribution in [2.45, 2.75) is 5.92 Å². The van der Waals surface area contributed by atoms with Crippen LogP contribution in [0.2, 0.25) is 0 Å². The first-order valence-corrected chi connectivity index (χ1v) is 9.32. The molecule has 0 aliphatic heterocycles. The van der Waals surface area contributed by atoms with E-state index in [1.54, 1.807) is 31.3 Å². The van der Waals surface area contributed by atoms with Gasteiger partial charge in [0.05, 0.1) is 0 Å². The lowest BCUT2D eigenvalue weighted by Crippen LogP contribution is -2.28. The fourth-order valence-electron chi connectivity index (χ4n) is 3.61. The van der Waals surface area contributed by atoms with Crippen molar-refractivity contribution >= 4 is 28.6 Å². The third-order valence-corrected chi connectivity index (χ3v) is 5.31. The maximum Gasteiger partial charge on any atom is 0.414 e. The van der Waals surface area contributed by atoms with Crippen LogP contribution in [0.4, 0.5) is 10.5 Å². The Morgan fingerprint density at radius 2 is 1.43 bits per heavy atom. The molecule has 0 bridgehead atoms. The molecule has 1 amide bonds. The van der Waals surface area contributed by atoms with E-state index in [1.165, 1.54) is 27.2 Å². The average molecular weight is 392 g/mol. The molecule has 0 fully saturated rings. The molecule has 0 N–H and O–H groups in total. The molecule has 0 radical (unpaired) electrons. The molecule has 0 heterocycles. The van der Waals surface area contributed by atoms with E-state index >= 15 is 0 Å². The SMILES string of the molecule is CN(C(=O)OCC1c2ccccc2-c2ccccc21)c1ccc(C(=O)Cl)cc1. The number of hydrogen-bond acceptors (Lipinski definition) is 3. The molecule has 0 atom stereocenters. The summed E-state index contributed by atoms with van der Waals surface area (Å²) in [4.78, 5) is 25.1. The zero-order valence-corrected chi connectivity index (χ0v) is 16.0. The molecule has 1 aliphatic rings. The largest absolute Gasteiger partial charge is 0.448 e. The Morgan fingerprint density at radius 3 is 1.96 bits per heavy atom. The summed E-state index contributed by atoms with van der Waals surface area (Å²) in [5.74, 6) is 0.0148. The number of fused-ring (bicyclic) bond motifs is 3. The number of benzene rings is 3. The molecule has 0 saturated heterocycles. The summed E-state index contributed by atoms with van der Waals surface area (Å²) >= 11 is 5.46. The summed E-state index contributed by atoms with van der Waals surface area (Å²) in [5, 5.41) is -0.532. The second-order valence-electron chi connectivity index (χ2n) is 6.68. The molecular weight excluding hydrogens is 374 g/mol. The van der Waals surface area contributed by atoms with Crippen LogP contribution in [0.25, 0.3) is 11.1 Å². The zero-order chi connectivity index (χ0) is 19.7. The van der Waals surface area contributed by atoms with Crippen LogP contribution in [0.5, 0.6) is 0 Å². The van der Waals surface area contributed by atoms with Gasteiger partial charge in [-0.3, -0.25) is 9.69 Å². The van der Waals surface area contributed by atoms with Gasteiger partial charge in [0, 0.05) is 24.2 Å². The summed E-state index contributed by atoms with van der Waals surface area (Å²) in [6.45, 7) is 0.259. The summed E-state index contributed by atoms with van der Waals surface area (Å²) in [6.07, 6.45) is -0.452. The van der Waals surface area contributed by atoms with Crippen LogP contribution in [0.1, 0.15) is 27.4 Å². The Hall–Kier alpha value is -3.11. The molecule has 140 valence electrons. The number of nitrogens with zero attached hydrogens (tertiary/aromatic N) is 1. The minimum Gasteiger partial charge on any atom is -0.448 e. The van der Waals surface area contributed by atoms with Crippen LogP contribution in [-0.4, -0.2) is 25.0 Å². The topological polar surface area (TPSA) is 46.6 Å². The first-order valence-electron chi connectivity index (χ1n) is 8.95. The van der Waals surface area contributed by atoms with Gasteiger partial charge in [-0.15, -0.1) is 0 Å². The van der Waals surface area contributed by atoms with Crippen molar-refractivity contribution in [2.24, 2.45) is 0 Å². The molecule has 4 nitrogen and oxygen atoms in total. The van der Waals surface area contributed by atoms with Gasteiger partial charge in [-0.1, -0.05) is 48.5 Å². The van der Waals surface area contributed by atoms with Gasteiger partial charge >= 0.3 is 6.09 Å². The number of rotatable bonds is 4. The molecule has 3 aromatic carbocycles. The molecule has 4 rings (SSSR count). The number of hydrogen-bond donors (Lipinski definition) is 0. The fraction of sp³-hybridized carbons (Fsp3) is 0.130. The lowest BCUT2D eigenvalue weighted by Gasteiger charge is -2.20. The average Bonchev–Trinajstić information content (AvgIpc) is 3.05. The van der Waals surface area contributed by atoms with Crippen LogP contribution in [0.15, 0.2) is 72.8 Å². The van der Waals surface area contributed by atoms with Crippen LogP contribution in [-0.2, 0) is 4.74 Å². The molecule has 0 saturated carbocycles. The third-order valence-electron chi connectivity index (χ3n) is 5.09. The van der Waals surface area contributed by atoms with Crippen molar-refractivity contribution < 1.29 is 14.3 Å². The summed E-state index contributed by atoms with van der Waals surface area (Å²) in [7, 11) is 1.64. The Labute approximate surface area is 168 Å². The molecule has 0 spiro atoms. The van der Waals surface area contributed by atoms with Crippen LogP contribution in [0.3, 0.4) is 0 Å². The van der Waals surface area contributed by atoms with Crippen molar-refractivity contribution in [1.29, 1.82) is 0 Å². The molecule has 5 heteroatoms. The highest BCUT2D eigenvalue weighted by atomic mass is 35.5. The first kappa shape index (κ1) is 18.3. The lowest BCUT2D eigenvalue weighted by molar-refractivity contribution is 0.108. The third kappa shape index (κ3) is 3.27. The van der Waals surface area contributed by atoms with Gasteiger partial charge in [0.25, 0.3) is 5.24 Å². The molecule has 1 aliphatic carbocycles. The van der Waals surface area contributed by atoms with E-state index in [0.717, 1.165) is 0 Å². The minimum absolute atomic E-state index is 0.0148. The van der Waals surface area contributed by atoms with Gasteiger partial charge in [-0.25, -0.2) is 4.79 Å². The monoisotopic (exact) mass is 391 g/mol. The summed E-state index contributed by atoms with van der Waals surface area (Å²) < 4.78 is 5.63. The smallest absolute Gasteiger partial charge is 0.414 e. The van der Waals surface area contributed by atoms with E-state index in [4.69, 9.17) is 16.3 Å². The van der Waals surface area contributed by atoms with Crippen LogP contribution >= 0.6 is 11.6 Å². The number of ether oxygens (including phenoxy) is 1. The number of carbonyl (C=O) groups is 2. The van der Waals surface area contributed by atoms with Gasteiger partial charge in [0.15, 0.2) is 0 Å². The van der Waals surface area contributed by atoms with Crippen molar-refractivity contribution in [1.82, 2.24) is 0 Å². The predicted molar refractivity (Wildman–Crippen MR) is 110 cm³/mol. The Kier molecular flexibility index (Phi) is 4.88. The highest BCUT2D eigenvalue weighted by Gasteiger charge is 2.29. The van der Waals surface area contributed by atoms with Crippen molar-refractivity contribution in [3.63, 3.8) is 0 Å². The number of halogens is 1. The lowest BCUT2D eigenvalue weighted by atomic mass is 9.98. The Bertz CT molecular complexity index is 1000. The van der Waals surface area contributed by atoms with Gasteiger partial charge in [-0.05, 0) is 58.1 Å². The van der Waals surface area contributed by atoms with E-state index in [1.807, 2.05) is 24.3 Å². The molecular formula is C23H18ClNO3. The number of anilines is 1. The number of amides is 1. The highest BCUT2D eigenvalue weighted by molar-refractivity contribution is 6.67.